The summed E-state index contributed by atoms with van der Waals surface area (Å²) < 4.78 is 0. The summed E-state index contributed by atoms with van der Waals surface area (Å²) in [5, 5.41) is 0. The van der Waals surface area contributed by atoms with E-state index in [0.29, 0.717) is 0 Å². The molecule has 0 bridgehead atoms. The summed E-state index contributed by atoms with van der Waals surface area (Å²) >= 11 is 0. The van der Waals surface area contributed by atoms with Crippen molar-refractivity contribution in [2.75, 3.05) is 0 Å². The molecule has 0 fully saturated rings. The van der Waals surface area contributed by atoms with Crippen molar-refractivity contribution in [3.63, 3.8) is 0 Å². The van der Waals surface area contributed by atoms with E-state index >= 15 is 0 Å². The molecular formula is H9AlCaMnSi. The van der Waals surface area contributed by atoms with Gasteiger partial charge < -0.3 is 0 Å². The van der Waals surface area contributed by atoms with Gasteiger partial charge in [-0.25, -0.2) is 0 Å². The van der Waals surface area contributed by atoms with Crippen LogP contribution < -0.4 is 0 Å². The third-order valence-electron chi connectivity index (χ3n) is 0. The molecular weight excluding hydrogens is 150 g/mol. The molecule has 0 heterocycles. The van der Waals surface area contributed by atoms with Crippen molar-refractivity contribution in [2.45, 2.75) is 0 Å². The second-order valence-electron chi connectivity index (χ2n) is 0. The van der Waals surface area contributed by atoms with Crippen molar-refractivity contribution in [3.8, 4) is 0 Å². The van der Waals surface area contributed by atoms with Gasteiger partial charge in [0, 0.05) is 17.1 Å². The van der Waals surface area contributed by atoms with Gasteiger partial charge in [0.05, 0.1) is 0 Å². The van der Waals surface area contributed by atoms with Crippen molar-refractivity contribution in [1.82, 2.24) is 0 Å². The van der Waals surface area contributed by atoms with Crippen LogP contribution in [0.25, 0.3) is 0 Å². The maximum atomic E-state index is 0. The molecule has 1 radical (unpaired) electrons. The van der Waals surface area contributed by atoms with E-state index < -0.39 is 0 Å². The Bertz CT molecular complexity index is 8.00. The van der Waals surface area contributed by atoms with Crippen LogP contribution in [0.15, 0.2) is 0 Å². The molecule has 0 saturated carbocycles. The van der Waals surface area contributed by atoms with Crippen LogP contribution in [0.2, 0.25) is 0 Å². The Morgan fingerprint density at radius 2 is 1.00 bits per heavy atom. The zero-order chi connectivity index (χ0) is 0. The quantitative estimate of drug-likeness (QED) is 0.321. The Morgan fingerprint density at radius 3 is 1.00 bits per heavy atom. The van der Waals surface area contributed by atoms with Gasteiger partial charge in [-0.3, -0.25) is 0 Å². The molecule has 0 aliphatic carbocycles. The van der Waals surface area contributed by atoms with E-state index in [9.17, 15) is 0 Å². The van der Waals surface area contributed by atoms with E-state index in [0.717, 1.165) is 0 Å². The van der Waals surface area contributed by atoms with Gasteiger partial charge in [-0.2, -0.15) is 0 Å². The third-order valence-corrected chi connectivity index (χ3v) is 0. The molecule has 0 aromatic heterocycles. The summed E-state index contributed by atoms with van der Waals surface area (Å²) in [6, 6.07) is 0. The molecule has 0 aliphatic rings. The number of hydrogen-bond acceptors (Lipinski definition) is 0. The fourth-order valence-electron chi connectivity index (χ4n) is 0. The van der Waals surface area contributed by atoms with Crippen LogP contribution in [0.4, 0.5) is 0 Å². The maximum Gasteiger partial charge on any atom is 0 e. The Labute approximate surface area is 81.7 Å². The minimum atomic E-state index is 0. The van der Waals surface area contributed by atoms with Gasteiger partial charge in [0.2, 0.25) is 0 Å². The molecule has 0 nitrogen and oxygen atoms in total. The van der Waals surface area contributed by atoms with Gasteiger partial charge >= 0.3 is 37.7 Å². The molecule has 0 saturated heterocycles. The summed E-state index contributed by atoms with van der Waals surface area (Å²) in [7, 11) is 0. The van der Waals surface area contributed by atoms with Crippen LogP contribution >= 0.6 is 0 Å². The molecule has 0 spiro atoms. The first kappa shape index (κ1) is 31.2. The largest absolute Gasteiger partial charge is 0.0149 e. The smallest absolute Gasteiger partial charge is 0 e. The molecule has 25 valence electrons. The van der Waals surface area contributed by atoms with E-state index in [-0.39, 0.29) is 83.1 Å². The normalized spacial score (nSPS) is 0. The average molecular weight is 159 g/mol. The molecule has 0 aromatic rings. The summed E-state index contributed by atoms with van der Waals surface area (Å²) in [5.41, 5.74) is 0. The second kappa shape index (κ2) is 17.7. The standard InChI is InChI=1S/Al.Ca.Mn.H4Si.5H/h;;;1H4;;;;;. The summed E-state index contributed by atoms with van der Waals surface area (Å²) in [4.78, 5) is 0. The third kappa shape index (κ3) is 8.82. The van der Waals surface area contributed by atoms with Gasteiger partial charge in [-0.05, 0) is 11.0 Å². The molecule has 4 heavy (non-hydrogen) atoms. The number of rotatable bonds is 0. The molecule has 0 rings (SSSR count). The average Bonchev–Trinajstić information content (AvgIpc) is 0. The fraction of sp³-hybridized carbons (Fsp3) is 0. The predicted molar refractivity (Wildman–Crippen MR) is 29.8 cm³/mol. The van der Waals surface area contributed by atoms with Gasteiger partial charge in [-0.1, -0.05) is 0 Å². The molecule has 0 amide bonds. The van der Waals surface area contributed by atoms with E-state index in [1.54, 1.807) is 0 Å². The second-order valence-corrected chi connectivity index (χ2v) is 0. The summed E-state index contributed by atoms with van der Waals surface area (Å²) in [6.45, 7) is 0. The predicted octanol–water partition coefficient (Wildman–Crippen LogP) is -3.55. The first-order valence-corrected chi connectivity index (χ1v) is 0. The Kier molecular flexibility index (Phi) is 138. The van der Waals surface area contributed by atoms with Crippen molar-refractivity contribution < 1.29 is 17.1 Å². The summed E-state index contributed by atoms with van der Waals surface area (Å²) in [6.07, 6.45) is 0. The topological polar surface area (TPSA) is 0 Å². The van der Waals surface area contributed by atoms with Gasteiger partial charge in [0.25, 0.3) is 0 Å². The van der Waals surface area contributed by atoms with Crippen molar-refractivity contribution in [2.24, 2.45) is 0 Å². The first-order chi connectivity index (χ1) is 0. The van der Waals surface area contributed by atoms with Gasteiger partial charge in [0.1, 0.15) is 0 Å². The van der Waals surface area contributed by atoms with E-state index in [1.165, 1.54) is 0 Å². The van der Waals surface area contributed by atoms with Crippen LogP contribution in [0.5, 0.6) is 0 Å². The van der Waals surface area contributed by atoms with Gasteiger partial charge in [-0.15, -0.1) is 0 Å². The van der Waals surface area contributed by atoms with E-state index in [4.69, 9.17) is 0 Å². The Hall–Kier alpha value is 2.53. The van der Waals surface area contributed by atoms with E-state index in [1.807, 2.05) is 0 Å². The maximum absolute atomic E-state index is 0. The van der Waals surface area contributed by atoms with E-state index in [2.05, 4.69) is 0 Å². The van der Waals surface area contributed by atoms with Crippen LogP contribution in [-0.4, -0.2) is 66.1 Å². The Morgan fingerprint density at radius 1 is 1.00 bits per heavy atom. The summed E-state index contributed by atoms with van der Waals surface area (Å²) in [5.74, 6) is 0. The number of hydrogen-bond donors (Lipinski definition) is 0. The molecule has 0 aromatic carbocycles. The van der Waals surface area contributed by atoms with Crippen molar-refractivity contribution >= 4 is 66.1 Å². The van der Waals surface area contributed by atoms with Crippen LogP contribution in [0.1, 0.15) is 0 Å². The molecule has 0 atom stereocenters. The minimum Gasteiger partial charge on any atom is -0.0149 e. The zero-order valence-electron chi connectivity index (χ0n) is 0.378. The van der Waals surface area contributed by atoms with Crippen LogP contribution in [0.3, 0.4) is 0 Å². The fourth-order valence-corrected chi connectivity index (χ4v) is 0. The molecule has 0 aliphatic heterocycles. The van der Waals surface area contributed by atoms with Crippen molar-refractivity contribution in [1.29, 1.82) is 0 Å². The molecule has 0 unspecified atom stereocenters. The zero-order valence-corrected chi connectivity index (χ0v) is 1.56. The SMILES string of the molecule is [AlH3].[CaH2].[Mn].[SiH4]. The minimum absolute atomic E-state index is 0. The van der Waals surface area contributed by atoms with Crippen LogP contribution in [-0.2, 0) is 17.1 Å². The van der Waals surface area contributed by atoms with Crippen molar-refractivity contribution in [3.05, 3.63) is 0 Å². The van der Waals surface area contributed by atoms with Crippen LogP contribution in [0, 0.1) is 0 Å². The molecule has 4 heteroatoms. The molecule has 0 N–H and O–H groups in total. The Balaban J connectivity index is 0. The van der Waals surface area contributed by atoms with Gasteiger partial charge in [0.15, 0.2) is 17.4 Å². The first-order valence-electron chi connectivity index (χ1n) is 0. The monoisotopic (exact) mass is 159 g/mol.